The van der Waals surface area contributed by atoms with E-state index in [-0.39, 0.29) is 12.4 Å². The molecule has 0 saturated carbocycles. The number of aliphatic hydroxyl groups is 1. The van der Waals surface area contributed by atoms with E-state index in [0.29, 0.717) is 13.0 Å². The van der Waals surface area contributed by atoms with Gasteiger partial charge < -0.3 is 15.3 Å². The Hall–Kier alpha value is -2.07. The standard InChI is InChI=1S/C19H23FN2O/c20-18-4-3-5-19(22-11-1-2-12-22)17(18)14-21-16-8-6-15(7-9-16)10-13-23/h3-9,21,23H,1-2,10-14H2. The van der Waals surface area contributed by atoms with Crippen LogP contribution in [0.1, 0.15) is 24.0 Å². The minimum Gasteiger partial charge on any atom is -0.396 e. The summed E-state index contributed by atoms with van der Waals surface area (Å²) >= 11 is 0. The molecule has 0 spiro atoms. The highest BCUT2D eigenvalue weighted by molar-refractivity contribution is 5.56. The molecule has 3 rings (SSSR count). The molecule has 4 heteroatoms. The van der Waals surface area contributed by atoms with Crippen molar-refractivity contribution < 1.29 is 9.50 Å². The second kappa shape index (κ2) is 7.47. The molecule has 0 radical (unpaired) electrons. The highest BCUT2D eigenvalue weighted by Gasteiger charge is 2.17. The molecule has 0 unspecified atom stereocenters. The largest absolute Gasteiger partial charge is 0.396 e. The Kier molecular flexibility index (Phi) is 5.13. The zero-order chi connectivity index (χ0) is 16.1. The Labute approximate surface area is 136 Å². The maximum atomic E-state index is 14.3. The lowest BCUT2D eigenvalue weighted by Gasteiger charge is -2.22. The van der Waals surface area contributed by atoms with Crippen LogP contribution < -0.4 is 10.2 Å². The summed E-state index contributed by atoms with van der Waals surface area (Å²) in [5.41, 5.74) is 3.80. The van der Waals surface area contributed by atoms with Crippen molar-refractivity contribution in [3.05, 3.63) is 59.4 Å². The number of rotatable bonds is 6. The van der Waals surface area contributed by atoms with E-state index >= 15 is 0 Å². The average Bonchev–Trinajstić information content (AvgIpc) is 3.09. The third-order valence-electron chi connectivity index (χ3n) is 4.36. The number of aliphatic hydroxyl groups excluding tert-OH is 1. The van der Waals surface area contributed by atoms with E-state index in [9.17, 15) is 4.39 Å². The molecule has 23 heavy (non-hydrogen) atoms. The van der Waals surface area contributed by atoms with Gasteiger partial charge in [0.25, 0.3) is 0 Å². The van der Waals surface area contributed by atoms with Gasteiger partial charge in [0.05, 0.1) is 0 Å². The molecule has 2 aromatic rings. The summed E-state index contributed by atoms with van der Waals surface area (Å²) < 4.78 is 14.3. The van der Waals surface area contributed by atoms with Crippen LogP contribution in [0.5, 0.6) is 0 Å². The third kappa shape index (κ3) is 3.82. The minimum atomic E-state index is -0.154. The molecular formula is C19H23FN2O. The fraction of sp³-hybridized carbons (Fsp3) is 0.368. The number of nitrogens with one attached hydrogen (secondary N) is 1. The van der Waals surface area contributed by atoms with Gasteiger partial charge in [-0.15, -0.1) is 0 Å². The number of anilines is 2. The van der Waals surface area contributed by atoms with Crippen molar-refractivity contribution in [1.82, 2.24) is 0 Å². The van der Waals surface area contributed by atoms with Crippen molar-refractivity contribution in [2.45, 2.75) is 25.8 Å². The number of hydrogen-bond acceptors (Lipinski definition) is 3. The lowest BCUT2D eigenvalue weighted by molar-refractivity contribution is 0.299. The Balaban J connectivity index is 1.72. The Morgan fingerprint density at radius 2 is 1.78 bits per heavy atom. The summed E-state index contributed by atoms with van der Waals surface area (Å²) in [6.45, 7) is 2.64. The molecule has 0 aromatic heterocycles. The highest BCUT2D eigenvalue weighted by atomic mass is 19.1. The van der Waals surface area contributed by atoms with Gasteiger partial charge >= 0.3 is 0 Å². The Bertz CT molecular complexity index is 636. The summed E-state index contributed by atoms with van der Waals surface area (Å²) in [7, 11) is 0. The number of benzene rings is 2. The van der Waals surface area contributed by atoms with Crippen LogP contribution in [-0.4, -0.2) is 24.8 Å². The molecule has 1 fully saturated rings. The minimum absolute atomic E-state index is 0.154. The van der Waals surface area contributed by atoms with Gasteiger partial charge in [-0.05, 0) is 49.1 Å². The molecule has 0 aliphatic carbocycles. The van der Waals surface area contributed by atoms with Gasteiger partial charge in [0, 0.05) is 43.2 Å². The first kappa shape index (κ1) is 15.8. The number of hydrogen-bond donors (Lipinski definition) is 2. The lowest BCUT2D eigenvalue weighted by atomic mass is 10.1. The summed E-state index contributed by atoms with van der Waals surface area (Å²) in [6, 6.07) is 13.2. The fourth-order valence-corrected chi connectivity index (χ4v) is 3.09. The van der Waals surface area contributed by atoms with Crippen LogP contribution in [-0.2, 0) is 13.0 Å². The van der Waals surface area contributed by atoms with Crippen molar-refractivity contribution >= 4 is 11.4 Å². The van der Waals surface area contributed by atoms with Crippen LogP contribution in [0.15, 0.2) is 42.5 Å². The molecule has 0 amide bonds. The predicted octanol–water partition coefficient (Wildman–Crippen LogP) is 3.57. The van der Waals surface area contributed by atoms with Crippen LogP contribution in [0, 0.1) is 5.82 Å². The molecule has 0 atom stereocenters. The molecule has 3 nitrogen and oxygen atoms in total. The third-order valence-corrected chi connectivity index (χ3v) is 4.36. The average molecular weight is 314 g/mol. The van der Waals surface area contributed by atoms with Crippen LogP contribution in [0.2, 0.25) is 0 Å². The molecular weight excluding hydrogens is 291 g/mol. The monoisotopic (exact) mass is 314 g/mol. The first-order valence-electron chi connectivity index (χ1n) is 8.24. The zero-order valence-electron chi connectivity index (χ0n) is 13.3. The van der Waals surface area contributed by atoms with E-state index in [1.807, 2.05) is 30.3 Å². The number of halogens is 1. The van der Waals surface area contributed by atoms with Gasteiger partial charge in [-0.2, -0.15) is 0 Å². The quantitative estimate of drug-likeness (QED) is 0.855. The van der Waals surface area contributed by atoms with Crippen molar-refractivity contribution in [3.8, 4) is 0 Å². The molecule has 1 saturated heterocycles. The second-order valence-corrected chi connectivity index (χ2v) is 5.96. The van der Waals surface area contributed by atoms with E-state index in [1.165, 1.54) is 18.9 Å². The van der Waals surface area contributed by atoms with Crippen molar-refractivity contribution in [3.63, 3.8) is 0 Å². The molecule has 1 heterocycles. The smallest absolute Gasteiger partial charge is 0.130 e. The summed E-state index contributed by atoms with van der Waals surface area (Å²) in [5.74, 6) is -0.154. The van der Waals surface area contributed by atoms with E-state index in [4.69, 9.17) is 5.11 Å². The summed E-state index contributed by atoms with van der Waals surface area (Å²) in [5, 5.41) is 12.2. The number of nitrogens with zero attached hydrogens (tertiary/aromatic N) is 1. The topological polar surface area (TPSA) is 35.5 Å². The fourth-order valence-electron chi connectivity index (χ4n) is 3.09. The van der Waals surface area contributed by atoms with Crippen LogP contribution in [0.3, 0.4) is 0 Å². The maximum Gasteiger partial charge on any atom is 0.130 e. The van der Waals surface area contributed by atoms with Gasteiger partial charge in [-0.1, -0.05) is 18.2 Å². The van der Waals surface area contributed by atoms with Crippen LogP contribution >= 0.6 is 0 Å². The molecule has 122 valence electrons. The Morgan fingerprint density at radius 1 is 1.04 bits per heavy atom. The first-order valence-corrected chi connectivity index (χ1v) is 8.24. The van der Waals surface area contributed by atoms with Crippen LogP contribution in [0.25, 0.3) is 0 Å². The second-order valence-electron chi connectivity index (χ2n) is 5.96. The lowest BCUT2D eigenvalue weighted by Crippen LogP contribution is -2.20. The molecule has 2 N–H and O–H groups in total. The Morgan fingerprint density at radius 3 is 2.48 bits per heavy atom. The SMILES string of the molecule is OCCc1ccc(NCc2c(F)cccc2N2CCCC2)cc1. The molecule has 2 aromatic carbocycles. The van der Waals surface area contributed by atoms with Gasteiger partial charge in [0.15, 0.2) is 0 Å². The summed E-state index contributed by atoms with van der Waals surface area (Å²) in [6.07, 6.45) is 3.01. The molecule has 1 aliphatic rings. The normalized spacial score (nSPS) is 14.3. The zero-order valence-corrected chi connectivity index (χ0v) is 13.3. The van der Waals surface area contributed by atoms with Crippen molar-refractivity contribution in [1.29, 1.82) is 0 Å². The molecule has 0 bridgehead atoms. The molecule has 1 aliphatic heterocycles. The maximum absolute atomic E-state index is 14.3. The summed E-state index contributed by atoms with van der Waals surface area (Å²) in [4.78, 5) is 2.27. The highest BCUT2D eigenvalue weighted by Crippen LogP contribution is 2.27. The van der Waals surface area contributed by atoms with Gasteiger partial charge in [0.2, 0.25) is 0 Å². The van der Waals surface area contributed by atoms with E-state index in [1.54, 1.807) is 6.07 Å². The van der Waals surface area contributed by atoms with Crippen molar-refractivity contribution in [2.75, 3.05) is 29.9 Å². The van der Waals surface area contributed by atoms with Crippen molar-refractivity contribution in [2.24, 2.45) is 0 Å². The van der Waals surface area contributed by atoms with E-state index in [0.717, 1.165) is 35.6 Å². The van der Waals surface area contributed by atoms with Gasteiger partial charge in [-0.25, -0.2) is 4.39 Å². The predicted molar refractivity (Wildman–Crippen MR) is 92.4 cm³/mol. The van der Waals surface area contributed by atoms with E-state index in [2.05, 4.69) is 10.2 Å². The van der Waals surface area contributed by atoms with Gasteiger partial charge in [0.1, 0.15) is 5.82 Å². The van der Waals surface area contributed by atoms with Gasteiger partial charge in [-0.3, -0.25) is 0 Å². The van der Waals surface area contributed by atoms with E-state index < -0.39 is 0 Å². The first-order chi connectivity index (χ1) is 11.3. The van der Waals surface area contributed by atoms with Crippen LogP contribution in [0.4, 0.5) is 15.8 Å².